The van der Waals surface area contributed by atoms with E-state index >= 15 is 0 Å². The lowest BCUT2D eigenvalue weighted by atomic mass is 10.4. The Balaban J connectivity index is 2.75. The van der Waals surface area contributed by atoms with Crippen LogP contribution in [0.4, 0.5) is 5.82 Å². The van der Waals surface area contributed by atoms with Crippen molar-refractivity contribution in [3.05, 3.63) is 18.3 Å². The van der Waals surface area contributed by atoms with E-state index in [1.807, 2.05) is 0 Å². The number of hydrogen-bond acceptors (Lipinski definition) is 3. The van der Waals surface area contributed by atoms with Crippen LogP contribution in [0, 0.1) is 0 Å². The van der Waals surface area contributed by atoms with Gasteiger partial charge in [-0.15, -0.1) is 11.6 Å². The van der Waals surface area contributed by atoms with Crippen molar-refractivity contribution in [2.75, 3.05) is 5.32 Å². The number of anilines is 1. The van der Waals surface area contributed by atoms with E-state index < -0.39 is 11.3 Å². The molecule has 0 aromatic carbocycles. The second-order valence-electron chi connectivity index (χ2n) is 2.48. The van der Waals surface area contributed by atoms with Crippen molar-refractivity contribution < 1.29 is 9.90 Å². The fourth-order valence-electron chi connectivity index (χ4n) is 0.709. The molecule has 1 atom stereocenters. The van der Waals surface area contributed by atoms with Crippen LogP contribution in [0.2, 0.25) is 0 Å². The fraction of sp³-hybridized carbons (Fsp3) is 0.250. The topological polar surface area (TPSA) is 62.2 Å². The molecule has 1 unspecified atom stereocenters. The van der Waals surface area contributed by atoms with Gasteiger partial charge in [0.15, 0.2) is 11.6 Å². The fourth-order valence-corrected chi connectivity index (χ4v) is 0.764. The minimum atomic E-state index is -0.651. The van der Waals surface area contributed by atoms with Crippen molar-refractivity contribution >= 4 is 23.3 Å². The van der Waals surface area contributed by atoms with Crippen molar-refractivity contribution in [2.24, 2.45) is 0 Å². The van der Waals surface area contributed by atoms with Gasteiger partial charge in [0.1, 0.15) is 5.38 Å². The second-order valence-corrected chi connectivity index (χ2v) is 3.13. The molecule has 0 aliphatic carbocycles. The molecule has 2 N–H and O–H groups in total. The molecule has 4 nitrogen and oxygen atoms in total. The summed E-state index contributed by atoms with van der Waals surface area (Å²) in [6.07, 6.45) is 1.47. The lowest BCUT2D eigenvalue weighted by molar-refractivity contribution is -0.115. The van der Waals surface area contributed by atoms with E-state index in [9.17, 15) is 9.90 Å². The molecule has 0 aliphatic rings. The van der Waals surface area contributed by atoms with Gasteiger partial charge in [-0.1, -0.05) is 0 Å². The highest BCUT2D eigenvalue weighted by molar-refractivity contribution is 6.32. The molecule has 1 rings (SSSR count). The van der Waals surface area contributed by atoms with Crippen LogP contribution in [-0.2, 0) is 4.79 Å². The smallest absolute Gasteiger partial charge is 0.243 e. The summed E-state index contributed by atoms with van der Waals surface area (Å²) in [5, 5.41) is 10.9. The lowest BCUT2D eigenvalue weighted by Crippen LogP contribution is -2.20. The summed E-state index contributed by atoms with van der Waals surface area (Å²) in [5.41, 5.74) is 0. The third kappa shape index (κ3) is 2.59. The van der Waals surface area contributed by atoms with Gasteiger partial charge in [0, 0.05) is 6.20 Å². The molecule has 5 heteroatoms. The summed E-state index contributed by atoms with van der Waals surface area (Å²) in [6.45, 7) is 1.54. The first-order valence-electron chi connectivity index (χ1n) is 3.70. The molecule has 0 fully saturated rings. The number of nitrogens with zero attached hydrogens (tertiary/aromatic N) is 1. The zero-order valence-corrected chi connectivity index (χ0v) is 7.75. The Morgan fingerprint density at radius 2 is 2.46 bits per heavy atom. The molecule has 0 saturated carbocycles. The summed E-state index contributed by atoms with van der Waals surface area (Å²) in [6, 6.07) is 3.00. The SMILES string of the molecule is CC(Cl)C(=O)Nc1ncccc1O. The summed E-state index contributed by atoms with van der Waals surface area (Å²) in [4.78, 5) is 14.8. The monoisotopic (exact) mass is 200 g/mol. The summed E-state index contributed by atoms with van der Waals surface area (Å²) >= 11 is 5.51. The molecule has 0 saturated heterocycles. The average Bonchev–Trinajstić information content (AvgIpc) is 2.08. The Labute approximate surface area is 80.6 Å². The summed E-state index contributed by atoms with van der Waals surface area (Å²) < 4.78 is 0. The Hall–Kier alpha value is -1.29. The van der Waals surface area contributed by atoms with Gasteiger partial charge in [-0.3, -0.25) is 4.79 Å². The first-order chi connectivity index (χ1) is 6.11. The van der Waals surface area contributed by atoms with Gasteiger partial charge >= 0.3 is 0 Å². The number of carbonyl (C=O) groups excluding carboxylic acids is 1. The Morgan fingerprint density at radius 1 is 1.77 bits per heavy atom. The second kappa shape index (κ2) is 4.09. The third-order valence-electron chi connectivity index (χ3n) is 1.39. The number of hydrogen-bond donors (Lipinski definition) is 2. The minimum absolute atomic E-state index is 0.0758. The zero-order valence-electron chi connectivity index (χ0n) is 6.99. The zero-order chi connectivity index (χ0) is 9.84. The highest BCUT2D eigenvalue weighted by atomic mass is 35.5. The first kappa shape index (κ1) is 9.80. The number of alkyl halides is 1. The number of halogens is 1. The van der Waals surface area contributed by atoms with Gasteiger partial charge in [-0.05, 0) is 19.1 Å². The van der Waals surface area contributed by atoms with Crippen LogP contribution in [0.15, 0.2) is 18.3 Å². The average molecular weight is 201 g/mol. The highest BCUT2D eigenvalue weighted by Crippen LogP contribution is 2.18. The lowest BCUT2D eigenvalue weighted by Gasteiger charge is -2.06. The largest absolute Gasteiger partial charge is 0.504 e. The Kier molecular flexibility index (Phi) is 3.08. The number of rotatable bonds is 2. The number of pyridine rings is 1. The molecule has 0 radical (unpaired) electrons. The molecule has 0 bridgehead atoms. The van der Waals surface area contributed by atoms with Crippen LogP contribution in [0.1, 0.15) is 6.92 Å². The number of amides is 1. The van der Waals surface area contributed by atoms with Gasteiger partial charge < -0.3 is 10.4 Å². The number of aromatic nitrogens is 1. The Bertz CT molecular complexity index is 315. The van der Waals surface area contributed by atoms with E-state index in [-0.39, 0.29) is 11.6 Å². The predicted octanol–water partition coefficient (Wildman–Crippen LogP) is 1.35. The minimum Gasteiger partial charge on any atom is -0.504 e. The molecule has 1 heterocycles. The van der Waals surface area contributed by atoms with E-state index in [1.54, 1.807) is 6.07 Å². The summed E-state index contributed by atoms with van der Waals surface area (Å²) in [5.74, 6) is -0.344. The van der Waals surface area contributed by atoms with Crippen LogP contribution in [0.5, 0.6) is 5.75 Å². The number of aromatic hydroxyl groups is 1. The van der Waals surface area contributed by atoms with Gasteiger partial charge in [-0.25, -0.2) is 4.98 Å². The van der Waals surface area contributed by atoms with E-state index in [0.717, 1.165) is 0 Å². The van der Waals surface area contributed by atoms with Gasteiger partial charge in [-0.2, -0.15) is 0 Å². The molecule has 70 valence electrons. The van der Waals surface area contributed by atoms with Crippen LogP contribution in [0.25, 0.3) is 0 Å². The third-order valence-corrected chi connectivity index (χ3v) is 1.59. The molecule has 1 aromatic rings. The van der Waals surface area contributed by atoms with E-state index in [4.69, 9.17) is 11.6 Å². The van der Waals surface area contributed by atoms with Gasteiger partial charge in [0.05, 0.1) is 0 Å². The van der Waals surface area contributed by atoms with Gasteiger partial charge in [0.25, 0.3) is 0 Å². The molecule has 13 heavy (non-hydrogen) atoms. The predicted molar refractivity (Wildman–Crippen MR) is 49.8 cm³/mol. The Morgan fingerprint density at radius 3 is 3.00 bits per heavy atom. The van der Waals surface area contributed by atoms with Crippen LogP contribution in [-0.4, -0.2) is 21.4 Å². The van der Waals surface area contributed by atoms with E-state index in [2.05, 4.69) is 10.3 Å². The molecule has 1 amide bonds. The van der Waals surface area contributed by atoms with E-state index in [0.29, 0.717) is 0 Å². The van der Waals surface area contributed by atoms with Crippen molar-refractivity contribution in [3.63, 3.8) is 0 Å². The van der Waals surface area contributed by atoms with Crippen molar-refractivity contribution in [1.82, 2.24) is 4.98 Å². The number of nitrogens with one attached hydrogen (secondary N) is 1. The first-order valence-corrected chi connectivity index (χ1v) is 4.14. The van der Waals surface area contributed by atoms with Crippen LogP contribution >= 0.6 is 11.6 Å². The highest BCUT2D eigenvalue weighted by Gasteiger charge is 2.11. The van der Waals surface area contributed by atoms with Crippen LogP contribution in [0.3, 0.4) is 0 Å². The standard InChI is InChI=1S/C8H9ClN2O2/c1-5(9)8(13)11-7-6(12)3-2-4-10-7/h2-5,12H,1H3,(H,10,11,13). The van der Waals surface area contributed by atoms with Crippen molar-refractivity contribution in [1.29, 1.82) is 0 Å². The van der Waals surface area contributed by atoms with Crippen LogP contribution < -0.4 is 5.32 Å². The molecule has 0 spiro atoms. The van der Waals surface area contributed by atoms with Crippen molar-refractivity contribution in [3.8, 4) is 5.75 Å². The quantitative estimate of drug-likeness (QED) is 0.709. The molecule has 1 aromatic heterocycles. The maximum atomic E-state index is 11.1. The maximum absolute atomic E-state index is 11.1. The molecular weight excluding hydrogens is 192 g/mol. The summed E-state index contributed by atoms with van der Waals surface area (Å²) in [7, 11) is 0. The van der Waals surface area contributed by atoms with E-state index in [1.165, 1.54) is 19.2 Å². The van der Waals surface area contributed by atoms with Gasteiger partial charge in [0.2, 0.25) is 5.91 Å². The molecule has 0 aliphatic heterocycles. The number of carbonyl (C=O) groups is 1. The maximum Gasteiger partial charge on any atom is 0.243 e. The molecular formula is C8H9ClN2O2. The van der Waals surface area contributed by atoms with Crippen molar-refractivity contribution in [2.45, 2.75) is 12.3 Å². The normalized spacial score (nSPS) is 12.2.